The minimum absolute atomic E-state index is 0.202. The van der Waals surface area contributed by atoms with Gasteiger partial charge in [-0.1, -0.05) is 0 Å². The van der Waals surface area contributed by atoms with Crippen molar-refractivity contribution >= 4 is 40.0 Å². The molecule has 0 unspecified atom stereocenters. The lowest BCUT2D eigenvalue weighted by atomic mass is 10.0. The van der Waals surface area contributed by atoms with Crippen LogP contribution in [0.4, 0.5) is 15.8 Å². The summed E-state index contributed by atoms with van der Waals surface area (Å²) in [6, 6.07) is 16.8. The van der Waals surface area contributed by atoms with E-state index in [-0.39, 0.29) is 5.56 Å². The van der Waals surface area contributed by atoms with Gasteiger partial charge in [0.1, 0.15) is 28.5 Å². The summed E-state index contributed by atoms with van der Waals surface area (Å²) in [4.78, 5) is 41.8. The highest BCUT2D eigenvalue weighted by Gasteiger charge is 2.56. The van der Waals surface area contributed by atoms with Crippen molar-refractivity contribution in [3.8, 4) is 17.2 Å². The molecular weight excluding hydrogens is 491 g/mol. The molecule has 4 aromatic rings. The van der Waals surface area contributed by atoms with E-state index in [1.54, 1.807) is 48.7 Å². The number of benzene rings is 3. The standard InChI is InChI=1S/C28H23FN4O5/c1-37-24-15-22-20(14-21(24)25(30)34)23(10-13-31-22)38-19-8-6-18(7-9-19)33-27(36)28(11-12-28)26(35)32-17-4-2-16(29)3-5-17/h2-10,13-15H,11-12H2,1H3,(H2,30,34)(H,32,35)(H,33,36). The maximum atomic E-state index is 13.1. The summed E-state index contributed by atoms with van der Waals surface area (Å²) < 4.78 is 24.4. The van der Waals surface area contributed by atoms with Crippen LogP contribution < -0.4 is 25.8 Å². The van der Waals surface area contributed by atoms with Crippen molar-refractivity contribution in [2.75, 3.05) is 17.7 Å². The number of methoxy groups -OCH3 is 1. The van der Waals surface area contributed by atoms with Crippen LogP contribution in [0.2, 0.25) is 0 Å². The van der Waals surface area contributed by atoms with Crippen molar-refractivity contribution in [3.63, 3.8) is 0 Å². The normalized spacial score (nSPS) is 13.4. The number of hydrogen-bond acceptors (Lipinski definition) is 6. The third kappa shape index (κ3) is 4.83. The SMILES string of the molecule is COc1cc2nccc(Oc3ccc(NC(=O)C4(C(=O)Nc5ccc(F)cc5)CC4)cc3)c2cc1C(N)=O. The second-order valence-electron chi connectivity index (χ2n) is 8.87. The summed E-state index contributed by atoms with van der Waals surface area (Å²) in [5.41, 5.74) is 5.98. The number of primary amides is 1. The minimum atomic E-state index is -1.17. The highest BCUT2D eigenvalue weighted by atomic mass is 19.1. The predicted molar refractivity (Wildman–Crippen MR) is 139 cm³/mol. The predicted octanol–water partition coefficient (Wildman–Crippen LogP) is 4.63. The van der Waals surface area contributed by atoms with E-state index in [0.717, 1.165) is 0 Å². The molecular formula is C28H23FN4O5. The number of hydrogen-bond donors (Lipinski definition) is 3. The highest BCUT2D eigenvalue weighted by molar-refractivity contribution is 6.16. The van der Waals surface area contributed by atoms with Gasteiger partial charge < -0.3 is 25.8 Å². The van der Waals surface area contributed by atoms with Gasteiger partial charge in [0, 0.05) is 29.0 Å². The Balaban J connectivity index is 1.28. The molecule has 192 valence electrons. The van der Waals surface area contributed by atoms with Gasteiger partial charge in [-0.25, -0.2) is 4.39 Å². The molecule has 0 radical (unpaired) electrons. The summed E-state index contributed by atoms with van der Waals surface area (Å²) in [5, 5.41) is 6.03. The lowest BCUT2D eigenvalue weighted by Crippen LogP contribution is -2.35. The molecule has 1 aliphatic rings. The molecule has 0 spiro atoms. The molecule has 9 nitrogen and oxygen atoms in total. The first kappa shape index (κ1) is 24.7. The van der Waals surface area contributed by atoms with Crippen LogP contribution in [0.5, 0.6) is 17.2 Å². The first-order valence-electron chi connectivity index (χ1n) is 11.7. The Bertz CT molecular complexity index is 1550. The number of anilines is 2. The summed E-state index contributed by atoms with van der Waals surface area (Å²) >= 11 is 0. The number of carbonyl (C=O) groups excluding carboxylic acids is 3. The molecule has 1 aliphatic carbocycles. The molecule has 10 heteroatoms. The lowest BCUT2D eigenvalue weighted by Gasteiger charge is -2.16. The Labute approximate surface area is 216 Å². The Kier molecular flexibility index (Phi) is 6.38. The summed E-state index contributed by atoms with van der Waals surface area (Å²) in [6.07, 6.45) is 2.40. The average Bonchev–Trinajstić information content (AvgIpc) is 3.73. The first-order chi connectivity index (χ1) is 18.3. The second-order valence-corrected chi connectivity index (χ2v) is 8.87. The van der Waals surface area contributed by atoms with Gasteiger partial charge in [0.2, 0.25) is 11.8 Å². The molecule has 5 rings (SSSR count). The van der Waals surface area contributed by atoms with Gasteiger partial charge in [0.05, 0.1) is 18.2 Å². The molecule has 3 amide bonds. The lowest BCUT2D eigenvalue weighted by molar-refractivity contribution is -0.131. The van der Waals surface area contributed by atoms with Gasteiger partial charge in [-0.3, -0.25) is 19.4 Å². The zero-order valence-electron chi connectivity index (χ0n) is 20.3. The van der Waals surface area contributed by atoms with Crippen molar-refractivity contribution in [1.82, 2.24) is 4.98 Å². The van der Waals surface area contributed by atoms with Gasteiger partial charge in [-0.2, -0.15) is 0 Å². The van der Waals surface area contributed by atoms with E-state index in [1.807, 2.05) is 0 Å². The van der Waals surface area contributed by atoms with Gasteiger partial charge in [0.15, 0.2) is 0 Å². The number of nitrogens with one attached hydrogen (secondary N) is 2. The zero-order chi connectivity index (χ0) is 26.9. The molecule has 1 saturated carbocycles. The monoisotopic (exact) mass is 514 g/mol. The summed E-state index contributed by atoms with van der Waals surface area (Å²) in [5.74, 6) is -0.666. The number of pyridine rings is 1. The van der Waals surface area contributed by atoms with E-state index in [9.17, 15) is 18.8 Å². The van der Waals surface area contributed by atoms with Crippen LogP contribution in [0.25, 0.3) is 10.9 Å². The number of nitrogens with zero attached hydrogens (tertiary/aromatic N) is 1. The molecule has 1 fully saturated rings. The molecule has 0 saturated heterocycles. The molecule has 0 atom stereocenters. The molecule has 1 heterocycles. The first-order valence-corrected chi connectivity index (χ1v) is 11.7. The largest absolute Gasteiger partial charge is 0.496 e. The van der Waals surface area contributed by atoms with Gasteiger partial charge in [0.25, 0.3) is 5.91 Å². The van der Waals surface area contributed by atoms with Crippen molar-refractivity contribution in [3.05, 3.63) is 84.3 Å². The smallest absolute Gasteiger partial charge is 0.252 e. The fraction of sp³-hybridized carbons (Fsp3) is 0.143. The Morgan fingerprint density at radius 1 is 0.895 bits per heavy atom. The van der Waals surface area contributed by atoms with Crippen LogP contribution in [0.3, 0.4) is 0 Å². The van der Waals surface area contributed by atoms with Crippen molar-refractivity contribution in [1.29, 1.82) is 0 Å². The number of amides is 3. The molecule has 0 aliphatic heterocycles. The van der Waals surface area contributed by atoms with E-state index in [2.05, 4.69) is 15.6 Å². The minimum Gasteiger partial charge on any atom is -0.496 e. The van der Waals surface area contributed by atoms with Crippen LogP contribution in [0.15, 0.2) is 72.9 Å². The Hall–Kier alpha value is -4.99. The molecule has 4 N–H and O–H groups in total. The topological polar surface area (TPSA) is 133 Å². The van der Waals surface area contributed by atoms with Crippen molar-refractivity contribution in [2.24, 2.45) is 11.1 Å². The fourth-order valence-electron chi connectivity index (χ4n) is 4.05. The van der Waals surface area contributed by atoms with Crippen LogP contribution >= 0.6 is 0 Å². The van der Waals surface area contributed by atoms with Gasteiger partial charge in [-0.05, 0) is 73.5 Å². The third-order valence-corrected chi connectivity index (χ3v) is 6.35. The van der Waals surface area contributed by atoms with Crippen LogP contribution in [-0.2, 0) is 9.59 Å². The maximum absolute atomic E-state index is 13.1. The molecule has 0 bridgehead atoms. The Morgan fingerprint density at radius 2 is 1.50 bits per heavy atom. The summed E-state index contributed by atoms with van der Waals surface area (Å²) in [7, 11) is 1.44. The summed E-state index contributed by atoms with van der Waals surface area (Å²) in [6.45, 7) is 0. The number of nitrogens with two attached hydrogens (primary N) is 1. The van der Waals surface area contributed by atoms with Crippen LogP contribution in [0, 0.1) is 11.2 Å². The maximum Gasteiger partial charge on any atom is 0.252 e. The quantitative estimate of drug-likeness (QED) is 0.294. The number of halogens is 1. The Morgan fingerprint density at radius 3 is 2.05 bits per heavy atom. The fourth-order valence-corrected chi connectivity index (χ4v) is 4.05. The second kappa shape index (κ2) is 9.81. The highest BCUT2D eigenvalue weighted by Crippen LogP contribution is 2.47. The van der Waals surface area contributed by atoms with Crippen LogP contribution in [-0.4, -0.2) is 29.8 Å². The number of fused-ring (bicyclic) bond motifs is 1. The van der Waals surface area contributed by atoms with Crippen molar-refractivity contribution < 1.29 is 28.2 Å². The third-order valence-electron chi connectivity index (χ3n) is 6.35. The molecule has 38 heavy (non-hydrogen) atoms. The van der Waals surface area contributed by atoms with Crippen molar-refractivity contribution in [2.45, 2.75) is 12.8 Å². The van der Waals surface area contributed by atoms with Gasteiger partial charge in [-0.15, -0.1) is 0 Å². The van der Waals surface area contributed by atoms with E-state index < -0.39 is 29.0 Å². The number of rotatable bonds is 8. The average molecular weight is 515 g/mol. The number of carbonyl (C=O) groups is 3. The van der Waals surface area contributed by atoms with E-state index >= 15 is 0 Å². The zero-order valence-corrected chi connectivity index (χ0v) is 20.3. The van der Waals surface area contributed by atoms with E-state index in [0.29, 0.717) is 52.4 Å². The van der Waals surface area contributed by atoms with E-state index in [1.165, 1.54) is 31.4 Å². The number of ether oxygens (including phenoxy) is 2. The molecule has 3 aromatic carbocycles. The van der Waals surface area contributed by atoms with Crippen LogP contribution in [0.1, 0.15) is 23.2 Å². The number of aromatic nitrogens is 1. The van der Waals surface area contributed by atoms with E-state index in [4.69, 9.17) is 15.2 Å². The molecule has 1 aromatic heterocycles. The van der Waals surface area contributed by atoms with Gasteiger partial charge >= 0.3 is 0 Å².